The highest BCUT2D eigenvalue weighted by molar-refractivity contribution is 7.18. The maximum atomic E-state index is 12.8. The molecule has 3 aromatic rings. The second kappa shape index (κ2) is 6.80. The van der Waals surface area contributed by atoms with Gasteiger partial charge in [-0.25, -0.2) is 4.98 Å². The van der Waals surface area contributed by atoms with Gasteiger partial charge in [-0.05, 0) is 51.5 Å². The van der Waals surface area contributed by atoms with E-state index < -0.39 is 0 Å². The number of aromatic nitrogens is 2. The third-order valence-electron chi connectivity index (χ3n) is 4.19. The third-order valence-corrected chi connectivity index (χ3v) is 5.13. The van der Waals surface area contributed by atoms with E-state index >= 15 is 0 Å². The zero-order valence-electron chi connectivity index (χ0n) is 14.9. The van der Waals surface area contributed by atoms with Crippen molar-refractivity contribution < 1.29 is 4.79 Å². The summed E-state index contributed by atoms with van der Waals surface area (Å²) < 4.78 is 1.47. The van der Waals surface area contributed by atoms with Crippen LogP contribution in [0.1, 0.15) is 23.2 Å². The first-order chi connectivity index (χ1) is 11.9. The first kappa shape index (κ1) is 17.4. The van der Waals surface area contributed by atoms with E-state index in [-0.39, 0.29) is 18.0 Å². The fraction of sp³-hybridized carbons (Fsp3) is 0.316. The van der Waals surface area contributed by atoms with E-state index in [9.17, 15) is 9.59 Å². The van der Waals surface area contributed by atoms with Gasteiger partial charge in [-0.15, -0.1) is 11.3 Å². The van der Waals surface area contributed by atoms with Crippen LogP contribution in [-0.2, 0) is 11.3 Å². The Morgan fingerprint density at radius 1 is 1.24 bits per heavy atom. The number of anilines is 1. The topological polar surface area (TPSA) is 55.2 Å². The highest BCUT2D eigenvalue weighted by atomic mass is 32.1. The molecule has 0 bridgehead atoms. The number of aryl methyl sites for hydroxylation is 3. The molecular formula is C19H21N3O2S. The van der Waals surface area contributed by atoms with Gasteiger partial charge in [0.1, 0.15) is 17.2 Å². The van der Waals surface area contributed by atoms with Crippen LogP contribution in [0.2, 0.25) is 0 Å². The molecule has 0 aliphatic carbocycles. The summed E-state index contributed by atoms with van der Waals surface area (Å²) in [6, 6.07) is 9.65. The van der Waals surface area contributed by atoms with Crippen molar-refractivity contribution in [3.8, 4) is 0 Å². The minimum Gasteiger partial charge on any atom is -0.311 e. The number of likely N-dealkylation sites (N-methyl/N-ethyl adjacent to an activating group) is 1. The van der Waals surface area contributed by atoms with Crippen molar-refractivity contribution in [3.05, 3.63) is 57.0 Å². The Kier molecular flexibility index (Phi) is 4.72. The zero-order valence-corrected chi connectivity index (χ0v) is 15.7. The number of hydrogen-bond donors (Lipinski definition) is 0. The lowest BCUT2D eigenvalue weighted by Gasteiger charge is -2.22. The van der Waals surface area contributed by atoms with E-state index in [1.165, 1.54) is 15.9 Å². The van der Waals surface area contributed by atoms with Crippen LogP contribution in [0.25, 0.3) is 10.2 Å². The molecule has 0 aliphatic heterocycles. The summed E-state index contributed by atoms with van der Waals surface area (Å²) in [5.74, 6) is 0.444. The van der Waals surface area contributed by atoms with Gasteiger partial charge in [0.15, 0.2) is 0 Å². The van der Waals surface area contributed by atoms with E-state index in [1.54, 1.807) is 11.8 Å². The van der Waals surface area contributed by atoms with Crippen molar-refractivity contribution in [2.24, 2.45) is 0 Å². The summed E-state index contributed by atoms with van der Waals surface area (Å²) in [7, 11) is 0. The number of carbonyl (C=O) groups excluding carboxylic acids is 1. The van der Waals surface area contributed by atoms with Gasteiger partial charge in [-0.1, -0.05) is 12.1 Å². The molecule has 0 spiro atoms. The molecule has 1 amide bonds. The number of amides is 1. The number of benzene rings is 1. The molecule has 0 N–H and O–H groups in total. The smallest absolute Gasteiger partial charge is 0.262 e. The Morgan fingerprint density at radius 2 is 2.00 bits per heavy atom. The lowest BCUT2D eigenvalue weighted by atomic mass is 10.2. The molecule has 0 atom stereocenters. The van der Waals surface area contributed by atoms with Gasteiger partial charge in [0.25, 0.3) is 5.56 Å². The van der Waals surface area contributed by atoms with Crippen molar-refractivity contribution in [1.29, 1.82) is 0 Å². The summed E-state index contributed by atoms with van der Waals surface area (Å²) in [4.78, 5) is 33.6. The molecule has 2 aromatic heterocycles. The maximum Gasteiger partial charge on any atom is 0.262 e. The van der Waals surface area contributed by atoms with Crippen molar-refractivity contribution >= 4 is 33.1 Å². The summed E-state index contributed by atoms with van der Waals surface area (Å²) >= 11 is 1.50. The predicted octanol–water partition coefficient (Wildman–Crippen LogP) is 3.44. The van der Waals surface area contributed by atoms with Crippen LogP contribution in [0.3, 0.4) is 0 Å². The van der Waals surface area contributed by atoms with Gasteiger partial charge in [0, 0.05) is 17.1 Å². The SMILES string of the molecule is CCN(C(=O)Cn1c(C)nc2sc(C)cc2c1=O)c1cccc(C)c1. The second-order valence-corrected chi connectivity index (χ2v) is 7.34. The largest absolute Gasteiger partial charge is 0.311 e. The number of fused-ring (bicyclic) bond motifs is 1. The van der Waals surface area contributed by atoms with E-state index in [2.05, 4.69) is 4.98 Å². The number of thiophene rings is 1. The average molecular weight is 355 g/mol. The summed E-state index contributed by atoms with van der Waals surface area (Å²) in [6.07, 6.45) is 0. The van der Waals surface area contributed by atoms with Crippen LogP contribution in [0.4, 0.5) is 5.69 Å². The Hall–Kier alpha value is -2.47. The fourth-order valence-electron chi connectivity index (χ4n) is 2.94. The molecule has 25 heavy (non-hydrogen) atoms. The number of nitrogens with zero attached hydrogens (tertiary/aromatic N) is 3. The fourth-order valence-corrected chi connectivity index (χ4v) is 3.86. The van der Waals surface area contributed by atoms with Crippen LogP contribution in [-0.4, -0.2) is 22.0 Å². The highest BCUT2D eigenvalue weighted by Gasteiger charge is 2.18. The van der Waals surface area contributed by atoms with Crippen molar-refractivity contribution in [3.63, 3.8) is 0 Å². The Bertz CT molecular complexity index is 1000. The molecule has 0 unspecified atom stereocenters. The molecule has 0 radical (unpaired) electrons. The highest BCUT2D eigenvalue weighted by Crippen LogP contribution is 2.21. The molecule has 0 saturated carbocycles. The monoisotopic (exact) mass is 355 g/mol. The first-order valence-electron chi connectivity index (χ1n) is 8.25. The van der Waals surface area contributed by atoms with E-state index in [0.29, 0.717) is 17.8 Å². The van der Waals surface area contributed by atoms with Gasteiger partial charge in [0.2, 0.25) is 5.91 Å². The van der Waals surface area contributed by atoms with Gasteiger partial charge >= 0.3 is 0 Å². The minimum atomic E-state index is -0.152. The molecule has 0 saturated heterocycles. The normalized spacial score (nSPS) is 11.0. The molecule has 0 fully saturated rings. The first-order valence-corrected chi connectivity index (χ1v) is 9.07. The maximum absolute atomic E-state index is 12.8. The van der Waals surface area contributed by atoms with Crippen LogP contribution >= 0.6 is 11.3 Å². The minimum absolute atomic E-state index is 0.00964. The van der Waals surface area contributed by atoms with Crippen LogP contribution in [0.15, 0.2) is 35.1 Å². The molecule has 2 heterocycles. The lowest BCUT2D eigenvalue weighted by molar-refractivity contribution is -0.119. The number of rotatable bonds is 4. The van der Waals surface area contributed by atoms with E-state index in [4.69, 9.17) is 0 Å². The van der Waals surface area contributed by atoms with Crippen LogP contribution < -0.4 is 10.5 Å². The Morgan fingerprint density at radius 3 is 2.68 bits per heavy atom. The van der Waals surface area contributed by atoms with Gasteiger partial charge in [-0.2, -0.15) is 0 Å². The van der Waals surface area contributed by atoms with Gasteiger partial charge in [0.05, 0.1) is 5.39 Å². The quantitative estimate of drug-likeness (QED) is 0.720. The molecule has 5 nitrogen and oxygen atoms in total. The Balaban J connectivity index is 1.97. The van der Waals surface area contributed by atoms with Crippen molar-refractivity contribution in [2.75, 3.05) is 11.4 Å². The third kappa shape index (κ3) is 3.35. The average Bonchev–Trinajstić information content (AvgIpc) is 2.93. The Labute approximate surface area is 150 Å². The van der Waals surface area contributed by atoms with Gasteiger partial charge < -0.3 is 4.90 Å². The van der Waals surface area contributed by atoms with Crippen molar-refractivity contribution in [1.82, 2.24) is 9.55 Å². The predicted molar refractivity (Wildman–Crippen MR) is 103 cm³/mol. The summed E-state index contributed by atoms with van der Waals surface area (Å²) in [5, 5.41) is 0.583. The number of carbonyl (C=O) groups is 1. The summed E-state index contributed by atoms with van der Waals surface area (Å²) in [5.41, 5.74) is 1.79. The van der Waals surface area contributed by atoms with Crippen molar-refractivity contribution in [2.45, 2.75) is 34.2 Å². The zero-order chi connectivity index (χ0) is 18.1. The molecule has 3 rings (SSSR count). The van der Waals surface area contributed by atoms with Crippen LogP contribution in [0, 0.1) is 20.8 Å². The second-order valence-electron chi connectivity index (χ2n) is 6.10. The summed E-state index contributed by atoms with van der Waals surface area (Å²) in [6.45, 7) is 8.18. The molecule has 0 aliphatic rings. The van der Waals surface area contributed by atoms with Gasteiger partial charge in [-0.3, -0.25) is 14.2 Å². The van der Waals surface area contributed by atoms with E-state index in [0.717, 1.165) is 21.0 Å². The molecule has 130 valence electrons. The lowest BCUT2D eigenvalue weighted by Crippen LogP contribution is -2.37. The number of hydrogen-bond acceptors (Lipinski definition) is 4. The molecular weight excluding hydrogens is 334 g/mol. The standard InChI is InChI=1S/C19H21N3O2S/c1-5-21(15-8-6-7-12(2)9-15)17(23)11-22-14(4)20-18-16(19(22)24)10-13(3)25-18/h6-10H,5,11H2,1-4H3. The van der Waals surface area contributed by atoms with Crippen LogP contribution in [0.5, 0.6) is 0 Å². The van der Waals surface area contributed by atoms with E-state index in [1.807, 2.05) is 51.1 Å². The molecule has 6 heteroatoms. The molecule has 1 aromatic carbocycles.